The van der Waals surface area contributed by atoms with E-state index in [0.717, 1.165) is 0 Å². The van der Waals surface area contributed by atoms with Gasteiger partial charge in [0, 0.05) is 7.26 Å². The van der Waals surface area contributed by atoms with Gasteiger partial charge in [-0.3, -0.25) is 0 Å². The summed E-state index contributed by atoms with van der Waals surface area (Å²) in [5, 5.41) is 0. The van der Waals surface area contributed by atoms with Gasteiger partial charge in [0.05, 0.1) is 24.6 Å². The summed E-state index contributed by atoms with van der Waals surface area (Å²) in [5.74, 6) is 0. The average Bonchev–Trinajstić information content (AvgIpc) is 2.89. The van der Waals surface area contributed by atoms with Gasteiger partial charge in [-0.2, -0.15) is 0 Å². The summed E-state index contributed by atoms with van der Waals surface area (Å²) in [6, 6.07) is 0. The molecular formula is C35H74P+. The summed E-state index contributed by atoms with van der Waals surface area (Å²) >= 11 is 0. The number of rotatable bonds is 31. The van der Waals surface area contributed by atoms with Gasteiger partial charge in [-0.05, 0) is 51.4 Å². The third kappa shape index (κ3) is 24.7. The molecular weight excluding hydrogens is 451 g/mol. The lowest BCUT2D eigenvalue weighted by Crippen LogP contribution is -2.13. The molecule has 0 bridgehead atoms. The van der Waals surface area contributed by atoms with Gasteiger partial charge in [0.1, 0.15) is 0 Å². The summed E-state index contributed by atoms with van der Waals surface area (Å²) in [5.41, 5.74) is 0. The molecule has 1 heteroatoms. The highest BCUT2D eigenvalue weighted by Crippen LogP contribution is 2.61. The second-order valence-electron chi connectivity index (χ2n) is 12.4. The van der Waals surface area contributed by atoms with Crippen molar-refractivity contribution in [2.45, 2.75) is 201 Å². The fourth-order valence-corrected chi connectivity index (χ4v) is 11.0. The third-order valence-corrected chi connectivity index (χ3v) is 13.8. The summed E-state index contributed by atoms with van der Waals surface area (Å²) in [6.07, 6.45) is 46.6. The Morgan fingerprint density at radius 3 is 0.583 bits per heavy atom. The predicted octanol–water partition coefficient (Wildman–Crippen LogP) is 13.6. The minimum Gasteiger partial charge on any atom is -0.0654 e. The van der Waals surface area contributed by atoms with E-state index in [1.54, 1.807) is 50.3 Å². The molecule has 0 aromatic heterocycles. The smallest absolute Gasteiger partial charge is 0.0594 e. The van der Waals surface area contributed by atoms with Crippen molar-refractivity contribution >= 4 is 7.26 Å². The largest absolute Gasteiger partial charge is 0.0654 e. The van der Waals surface area contributed by atoms with Crippen LogP contribution in [-0.2, 0) is 0 Å². The van der Waals surface area contributed by atoms with Gasteiger partial charge < -0.3 is 0 Å². The maximum atomic E-state index is 2.36. The van der Waals surface area contributed by atoms with Crippen LogP contribution >= 0.6 is 7.26 Å². The van der Waals surface area contributed by atoms with E-state index in [-0.39, 0.29) is 0 Å². The van der Waals surface area contributed by atoms with E-state index >= 15 is 0 Å². The summed E-state index contributed by atoms with van der Waals surface area (Å²) in [7, 11) is -0.722. The van der Waals surface area contributed by atoms with E-state index in [0.29, 0.717) is 0 Å². The Kier molecular flexibility index (Phi) is 30.3. The predicted molar refractivity (Wildman–Crippen MR) is 174 cm³/mol. The Balaban J connectivity index is 4.50. The van der Waals surface area contributed by atoms with Crippen molar-refractivity contribution in [2.75, 3.05) is 24.6 Å². The molecule has 0 fully saturated rings. The van der Waals surface area contributed by atoms with E-state index in [4.69, 9.17) is 0 Å². The molecule has 218 valence electrons. The SMILES string of the molecule is CCCCCCCCCCCCCC[P+](CCCCCCC)(CCCCCCC)CCCCCCC. The molecule has 0 aliphatic rings. The molecule has 0 aliphatic heterocycles. The van der Waals surface area contributed by atoms with Crippen LogP contribution in [0.15, 0.2) is 0 Å². The fraction of sp³-hybridized carbons (Fsp3) is 1.00. The van der Waals surface area contributed by atoms with Crippen LogP contribution in [0, 0.1) is 0 Å². The van der Waals surface area contributed by atoms with Crippen LogP contribution in [0.1, 0.15) is 201 Å². The highest BCUT2D eigenvalue weighted by Gasteiger charge is 2.34. The first-order chi connectivity index (χ1) is 17.7. The minimum atomic E-state index is -0.722. The lowest BCUT2D eigenvalue weighted by Gasteiger charge is -2.28. The molecule has 0 radical (unpaired) electrons. The summed E-state index contributed by atoms with van der Waals surface area (Å²) in [6.45, 7) is 9.40. The molecule has 36 heavy (non-hydrogen) atoms. The molecule has 0 saturated heterocycles. The van der Waals surface area contributed by atoms with Crippen molar-refractivity contribution < 1.29 is 0 Å². The van der Waals surface area contributed by atoms with E-state index in [2.05, 4.69) is 27.7 Å². The molecule has 0 nitrogen and oxygen atoms in total. The molecule has 0 atom stereocenters. The van der Waals surface area contributed by atoms with Gasteiger partial charge in [0.25, 0.3) is 0 Å². The van der Waals surface area contributed by atoms with Crippen LogP contribution in [0.5, 0.6) is 0 Å². The zero-order valence-corrected chi connectivity index (χ0v) is 27.3. The van der Waals surface area contributed by atoms with Gasteiger partial charge in [0.15, 0.2) is 0 Å². The van der Waals surface area contributed by atoms with Gasteiger partial charge >= 0.3 is 0 Å². The normalized spacial score (nSPS) is 12.0. The van der Waals surface area contributed by atoms with Crippen molar-refractivity contribution in [1.29, 1.82) is 0 Å². The van der Waals surface area contributed by atoms with Crippen molar-refractivity contribution in [2.24, 2.45) is 0 Å². The molecule has 0 aromatic rings. The van der Waals surface area contributed by atoms with Crippen LogP contribution in [0.3, 0.4) is 0 Å². The summed E-state index contributed by atoms with van der Waals surface area (Å²) < 4.78 is 0. The van der Waals surface area contributed by atoms with Crippen LogP contribution in [0.2, 0.25) is 0 Å². The first-order valence-corrected chi connectivity index (χ1v) is 20.1. The van der Waals surface area contributed by atoms with E-state index < -0.39 is 7.26 Å². The molecule has 0 saturated carbocycles. The Morgan fingerprint density at radius 1 is 0.222 bits per heavy atom. The molecule has 0 aromatic carbocycles. The Labute approximate surface area is 232 Å². The number of unbranched alkanes of at least 4 members (excludes halogenated alkanes) is 23. The maximum absolute atomic E-state index is 2.36. The lowest BCUT2D eigenvalue weighted by molar-refractivity contribution is 0.548. The molecule has 0 rings (SSSR count). The second-order valence-corrected chi connectivity index (χ2v) is 16.8. The standard InChI is InChI=1S/C35H74P/c1-5-9-13-17-18-19-20-21-22-23-27-31-35-36(32-28-24-14-10-6-2,33-29-25-15-11-7-3)34-30-26-16-12-8-4/h5-35H2,1-4H3/q+1. The van der Waals surface area contributed by atoms with Gasteiger partial charge in [-0.1, -0.05) is 150 Å². The zero-order chi connectivity index (χ0) is 26.4. The van der Waals surface area contributed by atoms with Gasteiger partial charge in [-0.25, -0.2) is 0 Å². The van der Waals surface area contributed by atoms with Crippen LogP contribution in [-0.4, -0.2) is 24.6 Å². The van der Waals surface area contributed by atoms with E-state index in [1.807, 2.05) is 0 Å². The Bertz CT molecular complexity index is 354. The quantitative estimate of drug-likeness (QED) is 0.0623. The lowest BCUT2D eigenvalue weighted by atomic mass is 10.1. The summed E-state index contributed by atoms with van der Waals surface area (Å²) in [4.78, 5) is 0. The maximum Gasteiger partial charge on any atom is 0.0594 e. The zero-order valence-electron chi connectivity index (χ0n) is 26.4. The minimum absolute atomic E-state index is 0.722. The molecule has 0 unspecified atom stereocenters. The first-order valence-electron chi connectivity index (χ1n) is 17.6. The Morgan fingerprint density at radius 2 is 0.389 bits per heavy atom. The second kappa shape index (κ2) is 30.0. The van der Waals surface area contributed by atoms with E-state index in [1.165, 1.54) is 148 Å². The fourth-order valence-electron chi connectivity index (χ4n) is 6.11. The van der Waals surface area contributed by atoms with Crippen molar-refractivity contribution in [3.05, 3.63) is 0 Å². The highest BCUT2D eigenvalue weighted by atomic mass is 31.2. The van der Waals surface area contributed by atoms with Crippen LogP contribution < -0.4 is 0 Å². The molecule has 0 amide bonds. The van der Waals surface area contributed by atoms with Crippen molar-refractivity contribution in [1.82, 2.24) is 0 Å². The monoisotopic (exact) mass is 526 g/mol. The van der Waals surface area contributed by atoms with Crippen LogP contribution in [0.25, 0.3) is 0 Å². The average molecular weight is 526 g/mol. The van der Waals surface area contributed by atoms with Gasteiger partial charge in [0.2, 0.25) is 0 Å². The number of hydrogen-bond donors (Lipinski definition) is 0. The van der Waals surface area contributed by atoms with Crippen LogP contribution in [0.4, 0.5) is 0 Å². The molecule has 0 N–H and O–H groups in total. The van der Waals surface area contributed by atoms with Crippen molar-refractivity contribution in [3.8, 4) is 0 Å². The van der Waals surface area contributed by atoms with Gasteiger partial charge in [-0.15, -0.1) is 0 Å². The topological polar surface area (TPSA) is 0 Å². The highest BCUT2D eigenvalue weighted by molar-refractivity contribution is 7.75. The third-order valence-electron chi connectivity index (χ3n) is 8.69. The first kappa shape index (κ1) is 36.4. The Hall–Kier alpha value is 0.430. The molecule has 0 spiro atoms. The molecule has 0 heterocycles. The van der Waals surface area contributed by atoms with E-state index in [9.17, 15) is 0 Å². The number of hydrogen-bond acceptors (Lipinski definition) is 0. The molecule has 0 aliphatic carbocycles. The van der Waals surface area contributed by atoms with Crippen molar-refractivity contribution in [3.63, 3.8) is 0 Å².